The van der Waals surface area contributed by atoms with Gasteiger partial charge in [0.05, 0.1) is 37.9 Å². The van der Waals surface area contributed by atoms with Crippen molar-refractivity contribution in [3.8, 4) is 22.8 Å². The molecule has 0 bridgehead atoms. The SMILES string of the molecule is CCN(CC)CC[C@@H](CC(=O)O)NC(=O)c1cc(-c2c(OC)cccc2OC)n(C2CCCC2)n1. The van der Waals surface area contributed by atoms with Gasteiger partial charge >= 0.3 is 5.97 Å². The Kier molecular flexibility index (Phi) is 9.54. The van der Waals surface area contributed by atoms with Crippen LogP contribution in [0, 0.1) is 0 Å². The van der Waals surface area contributed by atoms with Gasteiger partial charge in [-0.05, 0) is 50.6 Å². The average molecular weight is 487 g/mol. The number of ether oxygens (including phenoxy) is 2. The smallest absolute Gasteiger partial charge is 0.305 e. The van der Waals surface area contributed by atoms with E-state index < -0.39 is 12.0 Å². The van der Waals surface area contributed by atoms with Gasteiger partial charge in [0.1, 0.15) is 11.5 Å². The van der Waals surface area contributed by atoms with E-state index in [0.717, 1.165) is 50.0 Å². The van der Waals surface area contributed by atoms with E-state index in [1.165, 1.54) is 0 Å². The van der Waals surface area contributed by atoms with Crippen molar-refractivity contribution in [2.24, 2.45) is 0 Å². The fraction of sp³-hybridized carbons (Fsp3) is 0.577. The quantitative estimate of drug-likeness (QED) is 0.441. The van der Waals surface area contributed by atoms with Gasteiger partial charge in [-0.15, -0.1) is 0 Å². The molecule has 0 saturated heterocycles. The van der Waals surface area contributed by atoms with Crippen LogP contribution in [0.4, 0.5) is 0 Å². The van der Waals surface area contributed by atoms with Gasteiger partial charge in [-0.2, -0.15) is 5.10 Å². The topological polar surface area (TPSA) is 106 Å². The second-order valence-corrected chi connectivity index (χ2v) is 8.92. The normalized spacial score (nSPS) is 14.8. The lowest BCUT2D eigenvalue weighted by Gasteiger charge is -2.22. The lowest BCUT2D eigenvalue weighted by molar-refractivity contribution is -0.137. The van der Waals surface area contributed by atoms with Crippen LogP contribution < -0.4 is 14.8 Å². The summed E-state index contributed by atoms with van der Waals surface area (Å²) in [5.41, 5.74) is 1.77. The Balaban J connectivity index is 1.93. The Morgan fingerprint density at radius 1 is 1.17 bits per heavy atom. The summed E-state index contributed by atoms with van der Waals surface area (Å²) in [5.74, 6) is -0.0368. The highest BCUT2D eigenvalue weighted by Crippen LogP contribution is 2.41. The molecule has 1 aromatic carbocycles. The summed E-state index contributed by atoms with van der Waals surface area (Å²) in [6, 6.07) is 7.03. The van der Waals surface area contributed by atoms with E-state index in [4.69, 9.17) is 14.6 Å². The van der Waals surface area contributed by atoms with Gasteiger partial charge in [-0.1, -0.05) is 32.8 Å². The molecule has 0 unspecified atom stereocenters. The van der Waals surface area contributed by atoms with Gasteiger partial charge in [-0.3, -0.25) is 14.3 Å². The van der Waals surface area contributed by atoms with Gasteiger partial charge in [-0.25, -0.2) is 0 Å². The lowest BCUT2D eigenvalue weighted by Crippen LogP contribution is -2.39. The highest BCUT2D eigenvalue weighted by atomic mass is 16.5. The van der Waals surface area contributed by atoms with Crippen molar-refractivity contribution in [3.63, 3.8) is 0 Å². The molecule has 1 aliphatic rings. The first-order valence-electron chi connectivity index (χ1n) is 12.5. The molecule has 0 radical (unpaired) electrons. The zero-order chi connectivity index (χ0) is 25.4. The maximum atomic E-state index is 13.3. The Labute approximate surface area is 207 Å². The second-order valence-electron chi connectivity index (χ2n) is 8.92. The number of carbonyl (C=O) groups is 2. The number of methoxy groups -OCH3 is 2. The standard InChI is InChI=1S/C26H38N4O5/c1-5-29(6-2)15-14-18(16-24(31)32)27-26(33)20-17-21(30(28-20)19-10-7-8-11-19)25-22(34-3)12-9-13-23(25)35-4/h9,12-13,17-19H,5-8,10-11,14-16H2,1-4H3,(H,27,33)(H,31,32)/t18-/m0/s1. The van der Waals surface area contributed by atoms with E-state index in [1.807, 2.05) is 22.9 Å². The van der Waals surface area contributed by atoms with Crippen LogP contribution >= 0.6 is 0 Å². The minimum absolute atomic E-state index is 0.135. The number of carboxylic acids is 1. The summed E-state index contributed by atoms with van der Waals surface area (Å²) in [4.78, 5) is 27.0. The van der Waals surface area contributed by atoms with Crippen molar-refractivity contribution in [1.29, 1.82) is 0 Å². The number of benzene rings is 1. The third-order valence-electron chi connectivity index (χ3n) is 6.77. The Hall–Kier alpha value is -3.07. The molecule has 1 saturated carbocycles. The molecule has 3 rings (SSSR count). The van der Waals surface area contributed by atoms with E-state index in [1.54, 1.807) is 20.3 Å². The maximum absolute atomic E-state index is 13.3. The lowest BCUT2D eigenvalue weighted by atomic mass is 10.1. The number of nitrogens with one attached hydrogen (secondary N) is 1. The summed E-state index contributed by atoms with van der Waals surface area (Å²) in [7, 11) is 3.21. The van der Waals surface area contributed by atoms with E-state index in [2.05, 4.69) is 24.1 Å². The predicted molar refractivity (Wildman–Crippen MR) is 134 cm³/mol. The number of carbonyl (C=O) groups excluding carboxylic acids is 1. The van der Waals surface area contributed by atoms with Crippen molar-refractivity contribution < 1.29 is 24.2 Å². The summed E-state index contributed by atoms with van der Waals surface area (Å²) >= 11 is 0. The maximum Gasteiger partial charge on any atom is 0.305 e. The summed E-state index contributed by atoms with van der Waals surface area (Å²) < 4.78 is 13.2. The van der Waals surface area contributed by atoms with Gasteiger partial charge in [0.15, 0.2) is 5.69 Å². The van der Waals surface area contributed by atoms with Crippen LogP contribution in [-0.2, 0) is 4.79 Å². The van der Waals surface area contributed by atoms with Crippen LogP contribution in [0.25, 0.3) is 11.3 Å². The van der Waals surface area contributed by atoms with E-state index in [9.17, 15) is 14.7 Å². The van der Waals surface area contributed by atoms with Crippen LogP contribution in [-0.4, -0.2) is 71.6 Å². The fourth-order valence-electron chi connectivity index (χ4n) is 4.80. The molecule has 1 atom stereocenters. The van der Waals surface area contributed by atoms with Crippen molar-refractivity contribution in [2.75, 3.05) is 33.9 Å². The van der Waals surface area contributed by atoms with Crippen LogP contribution in [0.5, 0.6) is 11.5 Å². The largest absolute Gasteiger partial charge is 0.496 e. The number of hydrogen-bond donors (Lipinski definition) is 2. The van der Waals surface area contributed by atoms with Crippen molar-refractivity contribution in [3.05, 3.63) is 30.0 Å². The number of hydrogen-bond acceptors (Lipinski definition) is 6. The van der Waals surface area contributed by atoms with Crippen LogP contribution in [0.3, 0.4) is 0 Å². The fourth-order valence-corrected chi connectivity index (χ4v) is 4.80. The molecule has 0 spiro atoms. The molecule has 1 aromatic heterocycles. The van der Waals surface area contributed by atoms with Gasteiger partial charge in [0.25, 0.3) is 5.91 Å². The molecule has 2 N–H and O–H groups in total. The molecular weight excluding hydrogens is 448 g/mol. The molecule has 2 aromatic rings. The first-order chi connectivity index (χ1) is 16.9. The first-order valence-corrected chi connectivity index (χ1v) is 12.5. The predicted octanol–water partition coefficient (Wildman–Crippen LogP) is 3.99. The van der Waals surface area contributed by atoms with Crippen molar-refractivity contribution in [1.82, 2.24) is 20.0 Å². The highest BCUT2D eigenvalue weighted by Gasteiger charge is 2.28. The molecular formula is C26H38N4O5. The first kappa shape index (κ1) is 26.5. The molecule has 1 amide bonds. The van der Waals surface area contributed by atoms with Crippen LogP contribution in [0.2, 0.25) is 0 Å². The molecule has 0 aliphatic heterocycles. The Bertz CT molecular complexity index is 973. The minimum atomic E-state index is -0.939. The zero-order valence-corrected chi connectivity index (χ0v) is 21.2. The Morgan fingerprint density at radius 2 is 1.80 bits per heavy atom. The third kappa shape index (κ3) is 6.54. The van der Waals surface area contributed by atoms with Gasteiger partial charge < -0.3 is 24.8 Å². The summed E-state index contributed by atoms with van der Waals surface area (Å²) in [5, 5.41) is 17.0. The number of aliphatic carboxylic acids is 1. The van der Waals surface area contributed by atoms with E-state index in [0.29, 0.717) is 24.5 Å². The van der Waals surface area contributed by atoms with Crippen LogP contribution in [0.1, 0.15) is 68.9 Å². The highest BCUT2D eigenvalue weighted by molar-refractivity contribution is 5.94. The average Bonchev–Trinajstić information content (AvgIpc) is 3.53. The third-order valence-corrected chi connectivity index (χ3v) is 6.77. The molecule has 192 valence electrons. The number of rotatable bonds is 13. The van der Waals surface area contributed by atoms with E-state index >= 15 is 0 Å². The molecule has 1 heterocycles. The molecule has 1 fully saturated rings. The van der Waals surface area contributed by atoms with Gasteiger partial charge in [0.2, 0.25) is 0 Å². The van der Waals surface area contributed by atoms with E-state index in [-0.39, 0.29) is 24.1 Å². The van der Waals surface area contributed by atoms with Gasteiger partial charge in [0, 0.05) is 12.6 Å². The van der Waals surface area contributed by atoms with Crippen molar-refractivity contribution in [2.45, 2.75) is 64.5 Å². The number of nitrogens with zero attached hydrogens (tertiary/aromatic N) is 3. The van der Waals surface area contributed by atoms with Crippen molar-refractivity contribution >= 4 is 11.9 Å². The number of amides is 1. The number of carboxylic acid groups (broad SMARTS) is 1. The zero-order valence-electron chi connectivity index (χ0n) is 21.2. The molecule has 9 nitrogen and oxygen atoms in total. The Morgan fingerprint density at radius 3 is 2.34 bits per heavy atom. The second kappa shape index (κ2) is 12.6. The number of aromatic nitrogens is 2. The molecule has 9 heteroatoms. The summed E-state index contributed by atoms with van der Waals surface area (Å²) in [6.07, 6.45) is 4.61. The minimum Gasteiger partial charge on any atom is -0.496 e. The molecule has 1 aliphatic carbocycles. The molecule has 35 heavy (non-hydrogen) atoms. The van der Waals surface area contributed by atoms with Crippen LogP contribution in [0.15, 0.2) is 24.3 Å². The summed E-state index contributed by atoms with van der Waals surface area (Å²) in [6.45, 7) is 6.60. The monoisotopic (exact) mass is 486 g/mol.